The van der Waals surface area contributed by atoms with Gasteiger partial charge in [0.05, 0.1) is 18.0 Å². The van der Waals surface area contributed by atoms with E-state index < -0.39 is 5.82 Å². The summed E-state index contributed by atoms with van der Waals surface area (Å²) in [7, 11) is 0. The van der Waals surface area contributed by atoms with Gasteiger partial charge in [-0.25, -0.2) is 19.2 Å². The summed E-state index contributed by atoms with van der Waals surface area (Å²) in [4.78, 5) is 26.1. The summed E-state index contributed by atoms with van der Waals surface area (Å²) in [6, 6.07) is 9.37. The van der Waals surface area contributed by atoms with E-state index in [1.54, 1.807) is 18.2 Å². The lowest BCUT2D eigenvalue weighted by molar-refractivity contribution is -0.114. The highest BCUT2D eigenvalue weighted by Crippen LogP contribution is 2.34. The van der Waals surface area contributed by atoms with Crippen LogP contribution in [0.5, 0.6) is 5.75 Å². The van der Waals surface area contributed by atoms with Crippen molar-refractivity contribution in [1.82, 2.24) is 9.97 Å². The SMILES string of the molecule is [C-]#[N+]c1cnc(Nc2ccc(O)c(N3CCCCC3)c2)nc1-c1cc(F)cc(CC(=O)C=C)c1. The number of allylic oxidation sites excluding steroid dienone is 1. The Kier molecular flexibility index (Phi) is 6.83. The molecular weight excluding hydrogens is 433 g/mol. The number of phenolic OH excluding ortho intramolecular Hbond substituents is 1. The number of anilines is 3. The maximum atomic E-state index is 14.3. The first-order valence-electron chi connectivity index (χ1n) is 11.0. The number of piperidine rings is 1. The first-order chi connectivity index (χ1) is 16.5. The molecule has 1 aliphatic heterocycles. The molecule has 2 heterocycles. The third kappa shape index (κ3) is 5.21. The van der Waals surface area contributed by atoms with Gasteiger partial charge in [-0.3, -0.25) is 4.79 Å². The highest BCUT2D eigenvalue weighted by Gasteiger charge is 2.16. The number of ketones is 1. The largest absolute Gasteiger partial charge is 0.506 e. The molecule has 34 heavy (non-hydrogen) atoms. The zero-order valence-electron chi connectivity index (χ0n) is 18.6. The second-order valence-electron chi connectivity index (χ2n) is 8.11. The van der Waals surface area contributed by atoms with Crippen LogP contribution in [0.25, 0.3) is 16.1 Å². The van der Waals surface area contributed by atoms with Crippen LogP contribution in [-0.4, -0.2) is 33.9 Å². The highest BCUT2D eigenvalue weighted by atomic mass is 19.1. The Hall–Kier alpha value is -4.25. The van der Waals surface area contributed by atoms with Crippen LogP contribution in [0.2, 0.25) is 0 Å². The first kappa shape index (κ1) is 22.9. The number of phenols is 1. The molecule has 0 atom stereocenters. The van der Waals surface area contributed by atoms with Gasteiger partial charge in [0, 0.05) is 31.4 Å². The molecule has 1 saturated heterocycles. The summed E-state index contributed by atoms with van der Waals surface area (Å²) in [5, 5.41) is 13.5. The van der Waals surface area contributed by atoms with Crippen molar-refractivity contribution in [2.75, 3.05) is 23.3 Å². The summed E-state index contributed by atoms with van der Waals surface area (Å²) in [5.41, 5.74) is 2.68. The molecule has 0 bridgehead atoms. The Bertz CT molecular complexity index is 1280. The molecule has 1 aromatic heterocycles. The van der Waals surface area contributed by atoms with Crippen molar-refractivity contribution in [3.8, 4) is 17.0 Å². The Labute approximate surface area is 197 Å². The number of aromatic hydroxyl groups is 1. The fourth-order valence-electron chi connectivity index (χ4n) is 4.01. The molecule has 2 aromatic carbocycles. The minimum Gasteiger partial charge on any atom is -0.506 e. The quantitative estimate of drug-likeness (QED) is 0.274. The Morgan fingerprint density at radius 3 is 2.76 bits per heavy atom. The molecule has 0 amide bonds. The molecule has 0 spiro atoms. The van der Waals surface area contributed by atoms with Crippen molar-refractivity contribution in [1.29, 1.82) is 0 Å². The summed E-state index contributed by atoms with van der Waals surface area (Å²) < 4.78 is 14.3. The lowest BCUT2D eigenvalue weighted by atomic mass is 10.0. The van der Waals surface area contributed by atoms with Gasteiger partial charge in [-0.05, 0) is 66.8 Å². The Morgan fingerprint density at radius 2 is 2.03 bits per heavy atom. The van der Waals surface area contributed by atoms with Crippen LogP contribution in [0, 0.1) is 12.4 Å². The van der Waals surface area contributed by atoms with E-state index in [-0.39, 0.29) is 35.3 Å². The minimum absolute atomic E-state index is 0.00455. The van der Waals surface area contributed by atoms with Gasteiger partial charge in [0.25, 0.3) is 0 Å². The summed E-state index contributed by atoms with van der Waals surface area (Å²) >= 11 is 0. The molecule has 1 aliphatic rings. The van der Waals surface area contributed by atoms with Gasteiger partial charge in [-0.15, -0.1) is 0 Å². The molecule has 7 nitrogen and oxygen atoms in total. The zero-order valence-corrected chi connectivity index (χ0v) is 18.6. The van der Waals surface area contributed by atoms with Crippen molar-refractivity contribution in [3.05, 3.63) is 78.0 Å². The van der Waals surface area contributed by atoms with E-state index in [1.807, 2.05) is 6.07 Å². The molecule has 4 rings (SSSR count). The number of halogens is 1. The summed E-state index contributed by atoms with van der Waals surface area (Å²) in [5.74, 6) is -0.327. The fraction of sp³-hybridized carbons (Fsp3) is 0.231. The number of nitrogens with zero attached hydrogens (tertiary/aromatic N) is 4. The van der Waals surface area contributed by atoms with Crippen molar-refractivity contribution in [2.45, 2.75) is 25.7 Å². The van der Waals surface area contributed by atoms with Crippen molar-refractivity contribution in [3.63, 3.8) is 0 Å². The molecule has 0 aliphatic carbocycles. The van der Waals surface area contributed by atoms with E-state index in [2.05, 4.69) is 31.6 Å². The fourth-order valence-corrected chi connectivity index (χ4v) is 4.01. The van der Waals surface area contributed by atoms with E-state index in [1.165, 1.54) is 30.8 Å². The van der Waals surface area contributed by atoms with Crippen LogP contribution in [0.4, 0.5) is 27.4 Å². The molecule has 0 unspecified atom stereocenters. The smallest absolute Gasteiger partial charge is 0.230 e. The van der Waals surface area contributed by atoms with Crippen LogP contribution in [-0.2, 0) is 11.2 Å². The lowest BCUT2D eigenvalue weighted by Gasteiger charge is -2.29. The predicted molar refractivity (Wildman–Crippen MR) is 130 cm³/mol. The minimum atomic E-state index is -0.530. The van der Waals surface area contributed by atoms with E-state index in [4.69, 9.17) is 6.57 Å². The number of aromatic nitrogens is 2. The van der Waals surface area contributed by atoms with Crippen LogP contribution >= 0.6 is 0 Å². The van der Waals surface area contributed by atoms with Crippen LogP contribution in [0.1, 0.15) is 24.8 Å². The average molecular weight is 458 g/mol. The third-order valence-electron chi connectivity index (χ3n) is 5.66. The first-order valence-corrected chi connectivity index (χ1v) is 11.0. The van der Waals surface area contributed by atoms with Gasteiger partial charge in [0.2, 0.25) is 11.6 Å². The number of hydrogen-bond donors (Lipinski definition) is 2. The summed E-state index contributed by atoms with van der Waals surface area (Å²) in [6.07, 6.45) is 5.92. The van der Waals surface area contributed by atoms with E-state index in [9.17, 15) is 14.3 Å². The number of benzene rings is 2. The van der Waals surface area contributed by atoms with Gasteiger partial charge in [-0.2, -0.15) is 0 Å². The zero-order chi connectivity index (χ0) is 24.1. The Morgan fingerprint density at radius 1 is 1.24 bits per heavy atom. The number of carbonyl (C=O) groups is 1. The van der Waals surface area contributed by atoms with Crippen LogP contribution in [0.15, 0.2) is 55.3 Å². The maximum Gasteiger partial charge on any atom is 0.230 e. The highest BCUT2D eigenvalue weighted by molar-refractivity contribution is 5.91. The van der Waals surface area contributed by atoms with Gasteiger partial charge in [-0.1, -0.05) is 12.6 Å². The van der Waals surface area contributed by atoms with Crippen LogP contribution in [0.3, 0.4) is 0 Å². The third-order valence-corrected chi connectivity index (χ3v) is 5.66. The molecule has 0 saturated carbocycles. The van der Waals surface area contributed by atoms with Gasteiger partial charge in [0.15, 0.2) is 5.78 Å². The second kappa shape index (κ2) is 10.1. The van der Waals surface area contributed by atoms with Crippen molar-refractivity contribution in [2.24, 2.45) is 0 Å². The van der Waals surface area contributed by atoms with Gasteiger partial charge in [0.1, 0.15) is 11.6 Å². The number of nitrogens with one attached hydrogen (secondary N) is 1. The molecular formula is C26H24FN5O2. The maximum absolute atomic E-state index is 14.3. The number of hydrogen-bond acceptors (Lipinski definition) is 6. The average Bonchev–Trinajstić information content (AvgIpc) is 2.85. The molecule has 2 N–H and O–H groups in total. The van der Waals surface area contributed by atoms with Crippen molar-refractivity contribution < 1.29 is 14.3 Å². The number of carbonyl (C=O) groups excluding carboxylic acids is 1. The van der Waals surface area contributed by atoms with Gasteiger partial charge >= 0.3 is 0 Å². The lowest BCUT2D eigenvalue weighted by Crippen LogP contribution is -2.29. The standard InChI is InChI=1S/C26H24FN5O2/c1-3-21(33)13-17-11-18(14-19(27)12-17)25-22(28-2)16-29-26(31-25)30-20-7-8-24(34)23(15-20)32-9-5-4-6-10-32/h3,7-8,11-12,14-16,34H,1,4-6,9-10,13H2,(H,29,30,31). The molecule has 172 valence electrons. The second-order valence-corrected chi connectivity index (χ2v) is 8.11. The predicted octanol–water partition coefficient (Wildman–Crippen LogP) is 5.57. The van der Waals surface area contributed by atoms with Gasteiger partial charge < -0.3 is 15.3 Å². The van der Waals surface area contributed by atoms with Crippen molar-refractivity contribution >= 4 is 28.8 Å². The molecule has 1 fully saturated rings. The molecule has 8 heteroatoms. The molecule has 0 radical (unpaired) electrons. The van der Waals surface area contributed by atoms with Crippen LogP contribution < -0.4 is 10.2 Å². The van der Waals surface area contributed by atoms with E-state index in [0.717, 1.165) is 31.6 Å². The Balaban J connectivity index is 1.66. The normalized spacial score (nSPS) is 13.2. The van der Waals surface area contributed by atoms with E-state index >= 15 is 0 Å². The number of rotatable bonds is 7. The monoisotopic (exact) mass is 457 g/mol. The molecule has 3 aromatic rings. The topological polar surface area (TPSA) is 82.7 Å². The van der Waals surface area contributed by atoms with E-state index in [0.29, 0.717) is 16.8 Å². The summed E-state index contributed by atoms with van der Waals surface area (Å²) in [6.45, 7) is 12.7.